The number of hydrogen-bond donors (Lipinski definition) is 1. The van der Waals surface area contributed by atoms with Gasteiger partial charge in [-0.05, 0) is 17.7 Å². The highest BCUT2D eigenvalue weighted by atomic mass is 35.5. The van der Waals surface area contributed by atoms with Crippen LogP contribution in [0.25, 0.3) is 0 Å². The predicted octanol–water partition coefficient (Wildman–Crippen LogP) is 2.09. The number of rotatable bonds is 8. The second-order valence-electron chi connectivity index (χ2n) is 5.48. The molecule has 1 N–H and O–H groups in total. The summed E-state index contributed by atoms with van der Waals surface area (Å²) < 4.78 is 1.92. The second kappa shape index (κ2) is 9.08. The molecule has 2 aromatic rings. The molecular formula is C17H21ClN4O2. The highest BCUT2D eigenvalue weighted by Gasteiger charge is 2.14. The van der Waals surface area contributed by atoms with Crippen molar-refractivity contribution in [1.29, 1.82) is 0 Å². The number of amides is 2. The van der Waals surface area contributed by atoms with Crippen LogP contribution in [0.15, 0.2) is 43.0 Å². The number of imidazole rings is 1. The van der Waals surface area contributed by atoms with Crippen molar-refractivity contribution in [2.24, 2.45) is 0 Å². The Hall–Kier alpha value is -2.34. The molecule has 7 heteroatoms. The lowest BCUT2D eigenvalue weighted by Gasteiger charge is -2.23. The van der Waals surface area contributed by atoms with E-state index in [1.54, 1.807) is 23.5 Å². The number of carbonyl (C=O) groups is 2. The van der Waals surface area contributed by atoms with Crippen LogP contribution in [-0.2, 0) is 22.7 Å². The molecule has 0 saturated carbocycles. The van der Waals surface area contributed by atoms with Crippen LogP contribution in [0.5, 0.6) is 0 Å². The van der Waals surface area contributed by atoms with E-state index in [0.29, 0.717) is 31.2 Å². The Balaban J connectivity index is 1.99. The van der Waals surface area contributed by atoms with Crippen molar-refractivity contribution >= 4 is 23.4 Å². The molecule has 0 unspecified atom stereocenters. The summed E-state index contributed by atoms with van der Waals surface area (Å²) in [6.45, 7) is 3.47. The maximum absolute atomic E-state index is 12.5. The van der Waals surface area contributed by atoms with Gasteiger partial charge in [-0.25, -0.2) is 4.98 Å². The molecule has 0 aliphatic carbocycles. The molecular weight excluding hydrogens is 328 g/mol. The normalized spacial score (nSPS) is 10.4. The third-order valence-corrected chi connectivity index (χ3v) is 3.75. The zero-order chi connectivity index (χ0) is 17.4. The number of aromatic nitrogens is 2. The smallest absolute Gasteiger partial charge is 0.224 e. The third-order valence-electron chi connectivity index (χ3n) is 3.52. The number of benzene rings is 1. The molecule has 0 aliphatic heterocycles. The van der Waals surface area contributed by atoms with Crippen LogP contribution in [0.2, 0.25) is 5.02 Å². The Kier molecular flexibility index (Phi) is 6.81. The number of nitrogens with one attached hydrogen (secondary N) is 1. The van der Waals surface area contributed by atoms with Crippen LogP contribution in [0.3, 0.4) is 0 Å². The molecule has 0 radical (unpaired) electrons. The Labute approximate surface area is 146 Å². The summed E-state index contributed by atoms with van der Waals surface area (Å²) in [6.07, 6.45) is 5.56. The van der Waals surface area contributed by atoms with Crippen LogP contribution >= 0.6 is 11.6 Å². The van der Waals surface area contributed by atoms with Crippen molar-refractivity contribution in [2.45, 2.75) is 26.4 Å². The second-order valence-corrected chi connectivity index (χ2v) is 5.92. The van der Waals surface area contributed by atoms with Gasteiger partial charge in [0, 0.05) is 56.9 Å². The number of nitrogens with zero attached hydrogens (tertiary/aromatic N) is 3. The monoisotopic (exact) mass is 348 g/mol. The Bertz CT molecular complexity index is 673. The SMILES string of the molecule is CC(=O)NCCC(=O)N(CCn1ccnc1)Cc1cccc(Cl)c1. The van der Waals surface area contributed by atoms with E-state index in [-0.39, 0.29) is 18.2 Å². The van der Waals surface area contributed by atoms with E-state index < -0.39 is 0 Å². The minimum atomic E-state index is -0.136. The van der Waals surface area contributed by atoms with Crippen LogP contribution in [0.4, 0.5) is 0 Å². The van der Waals surface area contributed by atoms with E-state index in [4.69, 9.17) is 11.6 Å². The fourth-order valence-corrected chi connectivity index (χ4v) is 2.52. The van der Waals surface area contributed by atoms with Gasteiger partial charge in [0.2, 0.25) is 11.8 Å². The molecule has 2 amide bonds. The first-order chi connectivity index (χ1) is 11.5. The largest absolute Gasteiger partial charge is 0.356 e. The summed E-state index contributed by atoms with van der Waals surface area (Å²) in [5.74, 6) is -0.147. The summed E-state index contributed by atoms with van der Waals surface area (Å²) in [5, 5.41) is 3.30. The minimum Gasteiger partial charge on any atom is -0.356 e. The molecule has 0 fully saturated rings. The van der Waals surface area contributed by atoms with Gasteiger partial charge in [-0.15, -0.1) is 0 Å². The molecule has 1 aromatic heterocycles. The van der Waals surface area contributed by atoms with Crippen molar-refractivity contribution in [3.05, 3.63) is 53.6 Å². The fourth-order valence-electron chi connectivity index (χ4n) is 2.31. The third kappa shape index (κ3) is 6.04. The summed E-state index contributed by atoms with van der Waals surface area (Å²) >= 11 is 6.02. The predicted molar refractivity (Wildman–Crippen MR) is 92.4 cm³/mol. The van der Waals surface area contributed by atoms with Gasteiger partial charge in [0.25, 0.3) is 0 Å². The minimum absolute atomic E-state index is 0.0103. The van der Waals surface area contributed by atoms with E-state index in [1.807, 2.05) is 29.0 Å². The highest BCUT2D eigenvalue weighted by molar-refractivity contribution is 6.30. The summed E-state index contributed by atoms with van der Waals surface area (Å²) in [6, 6.07) is 7.47. The van der Waals surface area contributed by atoms with E-state index in [9.17, 15) is 9.59 Å². The van der Waals surface area contributed by atoms with Gasteiger partial charge in [-0.2, -0.15) is 0 Å². The van der Waals surface area contributed by atoms with Crippen LogP contribution < -0.4 is 5.32 Å². The average molecular weight is 349 g/mol. The van der Waals surface area contributed by atoms with Crippen LogP contribution in [0, 0.1) is 0 Å². The highest BCUT2D eigenvalue weighted by Crippen LogP contribution is 2.13. The van der Waals surface area contributed by atoms with E-state index in [1.165, 1.54) is 6.92 Å². The van der Waals surface area contributed by atoms with Crippen LogP contribution in [-0.4, -0.2) is 39.4 Å². The maximum Gasteiger partial charge on any atom is 0.224 e. The quantitative estimate of drug-likeness (QED) is 0.794. The van der Waals surface area contributed by atoms with E-state index in [0.717, 1.165) is 5.56 Å². The maximum atomic E-state index is 12.5. The summed E-state index contributed by atoms with van der Waals surface area (Å²) in [7, 11) is 0. The van der Waals surface area contributed by atoms with Gasteiger partial charge < -0.3 is 14.8 Å². The standard InChI is InChI=1S/C17H21ClN4O2/c1-14(23)20-6-5-17(24)22(10-9-21-8-7-19-13-21)12-15-3-2-4-16(18)11-15/h2-4,7-8,11,13H,5-6,9-10,12H2,1H3,(H,20,23). The topological polar surface area (TPSA) is 67.2 Å². The molecule has 2 rings (SSSR count). The molecule has 6 nitrogen and oxygen atoms in total. The first kappa shape index (κ1) is 18.0. The first-order valence-electron chi connectivity index (χ1n) is 7.77. The van der Waals surface area contributed by atoms with Crippen molar-refractivity contribution in [2.75, 3.05) is 13.1 Å². The Morgan fingerprint density at radius 1 is 1.38 bits per heavy atom. The van der Waals surface area contributed by atoms with Crippen molar-refractivity contribution in [3.63, 3.8) is 0 Å². The molecule has 0 bridgehead atoms. The van der Waals surface area contributed by atoms with Crippen molar-refractivity contribution < 1.29 is 9.59 Å². The molecule has 1 aromatic carbocycles. The fraction of sp³-hybridized carbons (Fsp3) is 0.353. The lowest BCUT2D eigenvalue weighted by molar-refractivity contribution is -0.132. The molecule has 128 valence electrons. The molecule has 24 heavy (non-hydrogen) atoms. The lowest BCUT2D eigenvalue weighted by Crippen LogP contribution is -2.35. The number of carbonyl (C=O) groups excluding carboxylic acids is 2. The van der Waals surface area contributed by atoms with Gasteiger partial charge in [-0.3, -0.25) is 9.59 Å². The molecule has 0 spiro atoms. The van der Waals surface area contributed by atoms with Crippen molar-refractivity contribution in [3.8, 4) is 0 Å². The van der Waals surface area contributed by atoms with Gasteiger partial charge in [0.05, 0.1) is 6.33 Å². The lowest BCUT2D eigenvalue weighted by atomic mass is 10.2. The van der Waals surface area contributed by atoms with Gasteiger partial charge in [0.1, 0.15) is 0 Å². The van der Waals surface area contributed by atoms with Gasteiger partial charge >= 0.3 is 0 Å². The van der Waals surface area contributed by atoms with Gasteiger partial charge in [0.15, 0.2) is 0 Å². The van der Waals surface area contributed by atoms with Gasteiger partial charge in [-0.1, -0.05) is 23.7 Å². The summed E-state index contributed by atoms with van der Waals surface area (Å²) in [5.41, 5.74) is 0.973. The first-order valence-corrected chi connectivity index (χ1v) is 8.15. The molecule has 0 atom stereocenters. The average Bonchev–Trinajstić information content (AvgIpc) is 3.04. The van der Waals surface area contributed by atoms with E-state index in [2.05, 4.69) is 10.3 Å². The zero-order valence-corrected chi connectivity index (χ0v) is 14.4. The Morgan fingerprint density at radius 2 is 2.21 bits per heavy atom. The molecule has 0 saturated heterocycles. The molecule has 1 heterocycles. The Morgan fingerprint density at radius 3 is 2.88 bits per heavy atom. The zero-order valence-electron chi connectivity index (χ0n) is 13.6. The number of halogens is 1. The summed E-state index contributed by atoms with van der Waals surface area (Å²) in [4.78, 5) is 29.2. The number of hydrogen-bond acceptors (Lipinski definition) is 3. The van der Waals surface area contributed by atoms with Crippen LogP contribution in [0.1, 0.15) is 18.9 Å². The molecule has 0 aliphatic rings. The van der Waals surface area contributed by atoms with Crippen molar-refractivity contribution in [1.82, 2.24) is 19.8 Å². The van der Waals surface area contributed by atoms with E-state index >= 15 is 0 Å².